The van der Waals surface area contributed by atoms with Gasteiger partial charge in [0, 0.05) is 17.3 Å². The number of aryl methyl sites for hydroxylation is 1. The number of hydrogen-bond acceptors (Lipinski definition) is 4. The number of nitrogens with zero attached hydrogens (tertiary/aromatic N) is 1. The lowest BCUT2D eigenvalue weighted by Gasteiger charge is -2.09. The summed E-state index contributed by atoms with van der Waals surface area (Å²) < 4.78 is 5.58. The van der Waals surface area contributed by atoms with E-state index in [0.717, 1.165) is 5.56 Å². The van der Waals surface area contributed by atoms with Crippen LogP contribution in [-0.2, 0) is 0 Å². The maximum atomic E-state index is 12.2. The van der Waals surface area contributed by atoms with Crippen LogP contribution in [0.2, 0.25) is 0 Å². The zero-order valence-electron chi connectivity index (χ0n) is 14.0. The average molecular weight is 348 g/mol. The maximum absolute atomic E-state index is 12.2. The fourth-order valence-corrected chi connectivity index (χ4v) is 2.42. The van der Waals surface area contributed by atoms with Gasteiger partial charge in [0.25, 0.3) is 5.91 Å². The number of nitrogens with one attached hydrogen (secondary N) is 1. The summed E-state index contributed by atoms with van der Waals surface area (Å²) in [7, 11) is 0. The minimum Gasteiger partial charge on any atom is -0.450 e. The number of ether oxygens (including phenoxy) is 1. The Morgan fingerprint density at radius 1 is 1.00 bits per heavy atom. The molecule has 1 N–H and O–H groups in total. The van der Waals surface area contributed by atoms with Gasteiger partial charge in [-0.3, -0.25) is 14.9 Å². The summed E-state index contributed by atoms with van der Waals surface area (Å²) in [4.78, 5) is 22.8. The zero-order chi connectivity index (χ0) is 18.5. The highest BCUT2D eigenvalue weighted by Gasteiger charge is 2.14. The highest BCUT2D eigenvalue weighted by Crippen LogP contribution is 2.31. The van der Waals surface area contributed by atoms with Gasteiger partial charge in [-0.1, -0.05) is 29.8 Å². The molecule has 26 heavy (non-hydrogen) atoms. The number of amides is 1. The van der Waals surface area contributed by atoms with Gasteiger partial charge in [0.1, 0.15) is 5.75 Å². The standard InChI is InChI=1S/C20H16N2O4/c1-14-5-4-6-15(13-14)20(23)21-16-9-11-17(12-10-16)26-19-8-3-2-7-18(19)22(24)25/h2-13H,1H3,(H,21,23). The molecule has 0 spiro atoms. The average Bonchev–Trinajstić information content (AvgIpc) is 2.63. The minimum absolute atomic E-state index is 0.107. The van der Waals surface area contributed by atoms with Crippen molar-refractivity contribution in [1.82, 2.24) is 0 Å². The summed E-state index contributed by atoms with van der Waals surface area (Å²) in [6.07, 6.45) is 0. The summed E-state index contributed by atoms with van der Waals surface area (Å²) in [6, 6.07) is 20.1. The van der Waals surface area contributed by atoms with Crippen LogP contribution in [0.25, 0.3) is 0 Å². The molecule has 0 saturated carbocycles. The van der Waals surface area contributed by atoms with Crippen LogP contribution >= 0.6 is 0 Å². The molecule has 1 amide bonds. The molecule has 0 heterocycles. The summed E-state index contributed by atoms with van der Waals surface area (Å²) in [6.45, 7) is 1.92. The molecule has 3 rings (SSSR count). The third-order valence-electron chi connectivity index (χ3n) is 3.68. The van der Waals surface area contributed by atoms with Crippen molar-refractivity contribution in [2.75, 3.05) is 5.32 Å². The Hall–Kier alpha value is -3.67. The molecule has 0 aliphatic carbocycles. The van der Waals surface area contributed by atoms with Crippen molar-refractivity contribution < 1.29 is 14.5 Å². The lowest BCUT2D eigenvalue weighted by atomic mass is 10.1. The summed E-state index contributed by atoms with van der Waals surface area (Å²) in [5, 5.41) is 13.8. The van der Waals surface area contributed by atoms with Gasteiger partial charge in [-0.25, -0.2) is 0 Å². The third-order valence-corrected chi connectivity index (χ3v) is 3.68. The summed E-state index contributed by atoms with van der Waals surface area (Å²) >= 11 is 0. The number of carbonyl (C=O) groups excluding carboxylic acids is 1. The molecule has 0 saturated heterocycles. The molecule has 0 aliphatic heterocycles. The first-order valence-electron chi connectivity index (χ1n) is 7.92. The number of rotatable bonds is 5. The van der Waals surface area contributed by atoms with Gasteiger partial charge in [-0.2, -0.15) is 0 Å². The molecule has 3 aromatic rings. The monoisotopic (exact) mass is 348 g/mol. The molecule has 0 bridgehead atoms. The van der Waals surface area contributed by atoms with Crippen LogP contribution in [0.5, 0.6) is 11.5 Å². The Morgan fingerprint density at radius 2 is 1.73 bits per heavy atom. The summed E-state index contributed by atoms with van der Waals surface area (Å²) in [5.41, 5.74) is 2.08. The second-order valence-electron chi connectivity index (χ2n) is 5.67. The third kappa shape index (κ3) is 4.05. The Bertz CT molecular complexity index is 952. The van der Waals surface area contributed by atoms with Crippen LogP contribution < -0.4 is 10.1 Å². The van der Waals surface area contributed by atoms with Gasteiger partial charge in [-0.15, -0.1) is 0 Å². The SMILES string of the molecule is Cc1cccc(C(=O)Nc2ccc(Oc3ccccc3[N+](=O)[O-])cc2)c1. The molecular formula is C20H16N2O4. The number of nitro benzene ring substituents is 1. The van der Waals surface area contributed by atoms with E-state index in [1.807, 2.05) is 19.1 Å². The molecule has 0 unspecified atom stereocenters. The number of carbonyl (C=O) groups is 1. The van der Waals surface area contributed by atoms with E-state index in [1.165, 1.54) is 12.1 Å². The molecule has 3 aromatic carbocycles. The van der Waals surface area contributed by atoms with E-state index in [9.17, 15) is 14.9 Å². The lowest BCUT2D eigenvalue weighted by molar-refractivity contribution is -0.385. The Balaban J connectivity index is 1.71. The quantitative estimate of drug-likeness (QED) is 0.522. The molecule has 0 aliphatic rings. The van der Waals surface area contributed by atoms with Crippen LogP contribution in [0.15, 0.2) is 72.8 Å². The highest BCUT2D eigenvalue weighted by atomic mass is 16.6. The fraction of sp³-hybridized carbons (Fsp3) is 0.0500. The Morgan fingerprint density at radius 3 is 2.42 bits per heavy atom. The van der Waals surface area contributed by atoms with Crippen molar-refractivity contribution in [2.24, 2.45) is 0 Å². The van der Waals surface area contributed by atoms with Gasteiger partial charge in [0.2, 0.25) is 5.75 Å². The predicted molar refractivity (Wildman–Crippen MR) is 98.7 cm³/mol. The number of benzene rings is 3. The van der Waals surface area contributed by atoms with Crippen molar-refractivity contribution in [3.05, 3.63) is 94.0 Å². The van der Waals surface area contributed by atoms with Crippen molar-refractivity contribution in [1.29, 1.82) is 0 Å². The van der Waals surface area contributed by atoms with E-state index in [2.05, 4.69) is 5.32 Å². The molecule has 6 nitrogen and oxygen atoms in total. The Kier molecular flexibility index (Phi) is 4.94. The molecule has 0 radical (unpaired) electrons. The van der Waals surface area contributed by atoms with Gasteiger partial charge in [0.15, 0.2) is 0 Å². The van der Waals surface area contributed by atoms with Crippen LogP contribution in [0.4, 0.5) is 11.4 Å². The second-order valence-corrected chi connectivity index (χ2v) is 5.67. The largest absolute Gasteiger partial charge is 0.450 e. The van der Waals surface area contributed by atoms with E-state index in [4.69, 9.17) is 4.74 Å². The number of anilines is 1. The second kappa shape index (κ2) is 7.48. The molecule has 130 valence electrons. The number of para-hydroxylation sites is 2. The van der Waals surface area contributed by atoms with Crippen molar-refractivity contribution >= 4 is 17.3 Å². The smallest absolute Gasteiger partial charge is 0.311 e. The predicted octanol–water partition coefficient (Wildman–Crippen LogP) is 4.95. The van der Waals surface area contributed by atoms with Gasteiger partial charge >= 0.3 is 5.69 Å². The first-order chi connectivity index (χ1) is 12.5. The van der Waals surface area contributed by atoms with Gasteiger partial charge in [0.05, 0.1) is 4.92 Å². The topological polar surface area (TPSA) is 81.5 Å². The van der Waals surface area contributed by atoms with Crippen LogP contribution in [0.3, 0.4) is 0 Å². The van der Waals surface area contributed by atoms with E-state index in [-0.39, 0.29) is 17.3 Å². The molecule has 0 fully saturated rings. The molecule has 0 atom stereocenters. The first-order valence-corrected chi connectivity index (χ1v) is 7.92. The number of nitro groups is 1. The minimum atomic E-state index is -0.494. The first kappa shape index (κ1) is 17.2. The van der Waals surface area contributed by atoms with Gasteiger partial charge in [-0.05, 0) is 49.4 Å². The molecule has 0 aromatic heterocycles. The van der Waals surface area contributed by atoms with E-state index in [0.29, 0.717) is 17.0 Å². The highest BCUT2D eigenvalue weighted by molar-refractivity contribution is 6.04. The van der Waals surface area contributed by atoms with Crippen LogP contribution in [-0.4, -0.2) is 10.8 Å². The fourth-order valence-electron chi connectivity index (χ4n) is 2.42. The van der Waals surface area contributed by atoms with E-state index in [1.54, 1.807) is 48.5 Å². The normalized spacial score (nSPS) is 10.2. The van der Waals surface area contributed by atoms with Crippen LogP contribution in [0.1, 0.15) is 15.9 Å². The van der Waals surface area contributed by atoms with Gasteiger partial charge < -0.3 is 10.1 Å². The maximum Gasteiger partial charge on any atom is 0.311 e. The molecular weight excluding hydrogens is 332 g/mol. The van der Waals surface area contributed by atoms with Crippen molar-refractivity contribution in [3.8, 4) is 11.5 Å². The van der Waals surface area contributed by atoms with Crippen molar-refractivity contribution in [3.63, 3.8) is 0 Å². The van der Waals surface area contributed by atoms with Crippen molar-refractivity contribution in [2.45, 2.75) is 6.92 Å². The lowest BCUT2D eigenvalue weighted by Crippen LogP contribution is -2.11. The zero-order valence-corrected chi connectivity index (χ0v) is 14.0. The summed E-state index contributed by atoms with van der Waals surface area (Å²) in [5.74, 6) is 0.392. The van der Waals surface area contributed by atoms with Crippen LogP contribution in [0, 0.1) is 17.0 Å². The molecule has 6 heteroatoms. The van der Waals surface area contributed by atoms with E-state index < -0.39 is 4.92 Å². The Labute approximate surface area is 150 Å². The number of hydrogen-bond donors (Lipinski definition) is 1. The van der Waals surface area contributed by atoms with E-state index >= 15 is 0 Å².